The van der Waals surface area contributed by atoms with Crippen LogP contribution in [0.25, 0.3) is 0 Å². The highest BCUT2D eigenvalue weighted by Crippen LogP contribution is 2.15. The lowest BCUT2D eigenvalue weighted by Gasteiger charge is -2.15. The van der Waals surface area contributed by atoms with Crippen molar-refractivity contribution in [1.29, 1.82) is 0 Å². The molecule has 0 heterocycles. The predicted octanol–water partition coefficient (Wildman–Crippen LogP) is 4.52. The summed E-state index contributed by atoms with van der Waals surface area (Å²) in [5, 5.41) is 20.8. The minimum Gasteiger partial charge on any atom is -0.368 e. The fourth-order valence-electron chi connectivity index (χ4n) is 1.85. The van der Waals surface area contributed by atoms with E-state index >= 15 is 0 Å². The van der Waals surface area contributed by atoms with Crippen molar-refractivity contribution in [2.75, 3.05) is 14.1 Å². The van der Waals surface area contributed by atoms with Crippen LogP contribution in [0.15, 0.2) is 15.3 Å². The molecule has 21 heavy (non-hydrogen) atoms. The van der Waals surface area contributed by atoms with Crippen LogP contribution in [-0.2, 0) is 0 Å². The summed E-state index contributed by atoms with van der Waals surface area (Å²) in [5.74, 6) is 0. The molecule has 0 fully saturated rings. The Morgan fingerprint density at radius 3 is 2.14 bits per heavy atom. The first-order valence-corrected chi connectivity index (χ1v) is 8.16. The van der Waals surface area contributed by atoms with Gasteiger partial charge in [-0.05, 0) is 39.5 Å². The van der Waals surface area contributed by atoms with Crippen LogP contribution in [0.3, 0.4) is 0 Å². The zero-order valence-corrected chi connectivity index (χ0v) is 14.9. The smallest absolute Gasteiger partial charge is 0.173 e. The van der Waals surface area contributed by atoms with Gasteiger partial charge in [-0.2, -0.15) is 15.3 Å². The van der Waals surface area contributed by atoms with Gasteiger partial charge >= 0.3 is 0 Å². The molecule has 0 aliphatic carbocycles. The monoisotopic (exact) mass is 300 g/mol. The molecular formula is C16H36N4O. The first-order chi connectivity index (χ1) is 9.93. The van der Waals surface area contributed by atoms with Crippen molar-refractivity contribution in [3.05, 3.63) is 0 Å². The Balaban J connectivity index is 0. The Hall–Kier alpha value is -0.970. The molecule has 0 rings (SSSR count). The Morgan fingerprint density at radius 2 is 1.67 bits per heavy atom. The molecule has 2 N–H and O–H groups in total. The molecule has 0 aromatic heterocycles. The fraction of sp³-hybridized carbons (Fsp3) is 0.938. The molecule has 0 saturated heterocycles. The van der Waals surface area contributed by atoms with E-state index in [2.05, 4.69) is 41.5 Å². The highest BCUT2D eigenvalue weighted by atomic mass is 16.3. The SMILES string of the molecule is CCCCC/C(C)=N/NC.CCCCCC(C)(O)N=NC. The Morgan fingerprint density at radius 1 is 1.10 bits per heavy atom. The van der Waals surface area contributed by atoms with Gasteiger partial charge in [-0.1, -0.05) is 39.5 Å². The van der Waals surface area contributed by atoms with Gasteiger partial charge in [-0.25, -0.2) is 0 Å². The molecule has 5 nitrogen and oxygen atoms in total. The van der Waals surface area contributed by atoms with Crippen molar-refractivity contribution < 1.29 is 5.11 Å². The number of rotatable bonds is 10. The molecule has 0 radical (unpaired) electrons. The van der Waals surface area contributed by atoms with Crippen LogP contribution in [0.5, 0.6) is 0 Å². The fourth-order valence-corrected chi connectivity index (χ4v) is 1.85. The van der Waals surface area contributed by atoms with E-state index in [0.29, 0.717) is 6.42 Å². The summed E-state index contributed by atoms with van der Waals surface area (Å²) in [4.78, 5) is 0. The van der Waals surface area contributed by atoms with Crippen molar-refractivity contribution in [2.45, 2.75) is 84.8 Å². The molecule has 0 saturated carbocycles. The predicted molar refractivity (Wildman–Crippen MR) is 91.9 cm³/mol. The van der Waals surface area contributed by atoms with E-state index in [0.717, 1.165) is 19.3 Å². The van der Waals surface area contributed by atoms with Crippen LogP contribution >= 0.6 is 0 Å². The minimum absolute atomic E-state index is 0.707. The Kier molecular flexibility index (Phi) is 16.4. The summed E-state index contributed by atoms with van der Waals surface area (Å²) in [5.41, 5.74) is 3.05. The summed E-state index contributed by atoms with van der Waals surface area (Å²) in [6, 6.07) is 0. The molecular weight excluding hydrogens is 264 g/mol. The van der Waals surface area contributed by atoms with Gasteiger partial charge in [-0.3, -0.25) is 0 Å². The third kappa shape index (κ3) is 19.0. The number of azo groups is 1. The molecule has 0 aliphatic heterocycles. The highest BCUT2D eigenvalue weighted by molar-refractivity contribution is 5.81. The molecule has 1 atom stereocenters. The van der Waals surface area contributed by atoms with Crippen LogP contribution in [0.4, 0.5) is 0 Å². The first kappa shape index (κ1) is 22.3. The van der Waals surface area contributed by atoms with Crippen molar-refractivity contribution in [3.8, 4) is 0 Å². The standard InChI is InChI=1S/C8H18N2O.C8H18N2/c1-4-5-6-7-8(2,11)10-9-3;1-4-5-6-7-8(2)10-9-3/h11H,4-7H2,1-3H3;9H,4-7H2,1-3H3/b;10-8+. The second kappa shape index (κ2) is 15.4. The second-order valence-electron chi connectivity index (χ2n) is 5.50. The van der Waals surface area contributed by atoms with Gasteiger partial charge in [0, 0.05) is 19.8 Å². The molecule has 0 aliphatic rings. The zero-order chi connectivity index (χ0) is 16.6. The van der Waals surface area contributed by atoms with Gasteiger partial charge in [-0.15, -0.1) is 0 Å². The Bertz CT molecular complexity index is 275. The lowest BCUT2D eigenvalue weighted by Crippen LogP contribution is -2.19. The van der Waals surface area contributed by atoms with Gasteiger partial charge in [0.25, 0.3) is 0 Å². The Labute approximate surface area is 131 Å². The summed E-state index contributed by atoms with van der Waals surface area (Å²) in [6.45, 7) is 8.10. The van der Waals surface area contributed by atoms with Crippen molar-refractivity contribution >= 4 is 5.71 Å². The van der Waals surface area contributed by atoms with Crippen LogP contribution in [0.2, 0.25) is 0 Å². The molecule has 126 valence electrons. The van der Waals surface area contributed by atoms with Crippen LogP contribution in [0, 0.1) is 0 Å². The van der Waals surface area contributed by atoms with E-state index < -0.39 is 5.72 Å². The number of hydrazone groups is 1. The normalized spacial score (nSPS) is 14.5. The minimum atomic E-state index is -0.941. The molecule has 1 unspecified atom stereocenters. The van der Waals surface area contributed by atoms with Gasteiger partial charge < -0.3 is 10.5 Å². The summed E-state index contributed by atoms with van der Waals surface area (Å²) >= 11 is 0. The van der Waals surface area contributed by atoms with Crippen LogP contribution in [0.1, 0.15) is 79.1 Å². The van der Waals surface area contributed by atoms with Gasteiger partial charge in [0.05, 0.1) is 0 Å². The van der Waals surface area contributed by atoms with Crippen molar-refractivity contribution in [2.24, 2.45) is 15.3 Å². The average molecular weight is 300 g/mol. The average Bonchev–Trinajstić information content (AvgIpc) is 2.40. The molecule has 0 aromatic carbocycles. The second-order valence-corrected chi connectivity index (χ2v) is 5.50. The molecule has 0 bridgehead atoms. The number of aliphatic hydroxyl groups is 1. The van der Waals surface area contributed by atoms with Crippen molar-refractivity contribution in [1.82, 2.24) is 5.43 Å². The van der Waals surface area contributed by atoms with E-state index in [4.69, 9.17) is 0 Å². The lowest BCUT2D eigenvalue weighted by molar-refractivity contribution is 0.0500. The number of nitrogens with zero attached hydrogens (tertiary/aromatic N) is 3. The highest BCUT2D eigenvalue weighted by Gasteiger charge is 2.17. The maximum absolute atomic E-state index is 9.48. The number of hydrogen-bond donors (Lipinski definition) is 2. The van der Waals surface area contributed by atoms with E-state index in [1.807, 2.05) is 7.05 Å². The van der Waals surface area contributed by atoms with Crippen LogP contribution in [-0.4, -0.2) is 30.6 Å². The molecule has 5 heteroatoms. The van der Waals surface area contributed by atoms with Gasteiger partial charge in [0.1, 0.15) is 0 Å². The summed E-state index contributed by atoms with van der Waals surface area (Å²) in [6.07, 6.45) is 9.04. The number of nitrogens with one attached hydrogen (secondary N) is 1. The van der Waals surface area contributed by atoms with E-state index in [1.165, 1.54) is 31.4 Å². The number of hydrogen-bond acceptors (Lipinski definition) is 5. The van der Waals surface area contributed by atoms with Crippen LogP contribution < -0.4 is 5.43 Å². The summed E-state index contributed by atoms with van der Waals surface area (Å²) in [7, 11) is 3.41. The third-order valence-electron chi connectivity index (χ3n) is 3.01. The molecule has 0 aromatic rings. The van der Waals surface area contributed by atoms with Gasteiger partial charge in [0.2, 0.25) is 0 Å². The number of unbranched alkanes of at least 4 members (excludes halogenated alkanes) is 4. The largest absolute Gasteiger partial charge is 0.368 e. The maximum Gasteiger partial charge on any atom is 0.173 e. The topological polar surface area (TPSA) is 69.3 Å². The lowest BCUT2D eigenvalue weighted by atomic mass is 10.1. The quantitative estimate of drug-likeness (QED) is 0.269. The van der Waals surface area contributed by atoms with E-state index in [9.17, 15) is 5.11 Å². The van der Waals surface area contributed by atoms with E-state index in [1.54, 1.807) is 14.0 Å². The maximum atomic E-state index is 9.48. The van der Waals surface area contributed by atoms with E-state index in [-0.39, 0.29) is 0 Å². The zero-order valence-electron chi connectivity index (χ0n) is 14.9. The molecule has 0 amide bonds. The van der Waals surface area contributed by atoms with Crippen molar-refractivity contribution in [3.63, 3.8) is 0 Å². The third-order valence-corrected chi connectivity index (χ3v) is 3.01. The molecule has 0 spiro atoms. The van der Waals surface area contributed by atoms with Gasteiger partial charge in [0.15, 0.2) is 5.72 Å². The summed E-state index contributed by atoms with van der Waals surface area (Å²) < 4.78 is 0. The first-order valence-electron chi connectivity index (χ1n) is 8.16.